The van der Waals surface area contributed by atoms with Gasteiger partial charge in [0, 0.05) is 19.4 Å². The van der Waals surface area contributed by atoms with E-state index in [4.69, 9.17) is 14.2 Å². The Balaban J connectivity index is 2.27. The summed E-state index contributed by atoms with van der Waals surface area (Å²) in [4.78, 5) is 34.9. The zero-order valence-corrected chi connectivity index (χ0v) is 19.0. The first-order valence-corrected chi connectivity index (χ1v) is 10.7. The molecule has 0 radical (unpaired) electrons. The molecule has 1 aromatic rings. The minimum absolute atomic E-state index is 0.0872. The largest absolute Gasteiger partial charge is 0.487 e. The van der Waals surface area contributed by atoms with Crippen LogP contribution in [0, 0.1) is 0 Å². The van der Waals surface area contributed by atoms with E-state index >= 15 is 0 Å². The van der Waals surface area contributed by atoms with Crippen molar-refractivity contribution in [2.24, 2.45) is 0 Å². The average Bonchev–Trinajstić information content (AvgIpc) is 3.06. The van der Waals surface area contributed by atoms with Crippen LogP contribution in [0.4, 0.5) is 0 Å². The van der Waals surface area contributed by atoms with E-state index in [2.05, 4.69) is 0 Å². The minimum atomic E-state index is -1.67. The molecule has 0 aromatic heterocycles. The van der Waals surface area contributed by atoms with Gasteiger partial charge in [0.1, 0.15) is 36.3 Å². The number of aliphatic hydroxyl groups is 2. The van der Waals surface area contributed by atoms with Crippen LogP contribution in [0.1, 0.15) is 33.6 Å². The van der Waals surface area contributed by atoms with E-state index in [0.717, 1.165) is 0 Å². The number of hydrogen-bond donors (Lipinski definition) is 2. The lowest BCUT2D eigenvalue weighted by atomic mass is 9.87. The first-order valence-electron chi connectivity index (χ1n) is 10.7. The normalized spacial score (nSPS) is 21.7. The topological polar surface area (TPSA) is 119 Å². The van der Waals surface area contributed by atoms with Crippen LogP contribution in [-0.2, 0) is 23.9 Å². The second-order valence-electron chi connectivity index (χ2n) is 7.64. The molecule has 8 heteroatoms. The summed E-state index contributed by atoms with van der Waals surface area (Å²) < 4.78 is 15.8. The molecule has 0 bridgehead atoms. The van der Waals surface area contributed by atoms with Gasteiger partial charge in [-0.05, 0) is 36.8 Å². The maximum atomic E-state index is 12.5. The molecule has 8 nitrogen and oxygen atoms in total. The van der Waals surface area contributed by atoms with E-state index in [9.17, 15) is 24.6 Å². The number of esters is 2. The molecule has 0 aliphatic heterocycles. The van der Waals surface area contributed by atoms with E-state index in [1.54, 1.807) is 12.1 Å². The van der Waals surface area contributed by atoms with Gasteiger partial charge in [0.25, 0.3) is 0 Å². The Labute approximate surface area is 193 Å². The van der Waals surface area contributed by atoms with E-state index < -0.39 is 35.9 Å². The van der Waals surface area contributed by atoms with Crippen molar-refractivity contribution in [3.8, 4) is 5.75 Å². The summed E-state index contributed by atoms with van der Waals surface area (Å²) in [6.45, 7) is 3.94. The molecule has 1 aliphatic carbocycles. The Kier molecular flexibility index (Phi) is 9.57. The second-order valence-corrected chi connectivity index (χ2v) is 7.64. The van der Waals surface area contributed by atoms with Gasteiger partial charge < -0.3 is 24.4 Å². The Hall–Kier alpha value is -3.23. The molecule has 0 heterocycles. The van der Waals surface area contributed by atoms with E-state index in [-0.39, 0.29) is 18.0 Å². The molecule has 0 saturated carbocycles. The van der Waals surface area contributed by atoms with Crippen molar-refractivity contribution < 1.29 is 38.8 Å². The highest BCUT2D eigenvalue weighted by molar-refractivity contribution is 6.09. The second kappa shape index (κ2) is 12.1. The standard InChI is InChI=1S/C25H30O8/c1-4-9-24(33-19-10-6-5-7-11-19)25(30)15-14-21(28)20(25)12-8-13-23(32-18(3)27)22(29)16-31-17(2)26/h5-8,10-15,22-24,29-30H,4,9,16H2,1-3H3/b13-8+,20-12+/t22-,23+,24?,25?/m1/s1. The number of rotatable bonds is 11. The fourth-order valence-corrected chi connectivity index (χ4v) is 3.37. The monoisotopic (exact) mass is 458 g/mol. The number of carbonyl (C=O) groups is 3. The molecule has 2 N–H and O–H groups in total. The molecule has 0 fully saturated rings. The van der Waals surface area contributed by atoms with Gasteiger partial charge in [-0.15, -0.1) is 0 Å². The van der Waals surface area contributed by atoms with Gasteiger partial charge in [0.05, 0.1) is 0 Å². The third-order valence-corrected chi connectivity index (χ3v) is 4.95. The summed E-state index contributed by atoms with van der Waals surface area (Å²) >= 11 is 0. The van der Waals surface area contributed by atoms with Crippen LogP contribution in [0.2, 0.25) is 0 Å². The smallest absolute Gasteiger partial charge is 0.303 e. The van der Waals surface area contributed by atoms with Crippen molar-refractivity contribution in [1.29, 1.82) is 0 Å². The molecule has 2 rings (SSSR count). The summed E-state index contributed by atoms with van der Waals surface area (Å²) in [6, 6.07) is 9.01. The summed E-state index contributed by atoms with van der Waals surface area (Å²) in [6.07, 6.45) is 4.90. The lowest BCUT2D eigenvalue weighted by molar-refractivity contribution is -0.154. The van der Waals surface area contributed by atoms with Crippen LogP contribution in [-0.4, -0.2) is 58.5 Å². The van der Waals surface area contributed by atoms with Crippen molar-refractivity contribution in [2.45, 2.75) is 57.5 Å². The molecule has 0 spiro atoms. The van der Waals surface area contributed by atoms with Gasteiger partial charge in [-0.2, -0.15) is 0 Å². The molecule has 0 saturated heterocycles. The van der Waals surface area contributed by atoms with Crippen molar-refractivity contribution in [3.05, 3.63) is 66.3 Å². The maximum Gasteiger partial charge on any atom is 0.303 e. The fraction of sp³-hybridized carbons (Fsp3) is 0.400. The summed E-state index contributed by atoms with van der Waals surface area (Å²) in [5.41, 5.74) is -1.58. The molecular weight excluding hydrogens is 428 g/mol. The van der Waals surface area contributed by atoms with Gasteiger partial charge in [0.2, 0.25) is 0 Å². The maximum absolute atomic E-state index is 12.5. The summed E-state index contributed by atoms with van der Waals surface area (Å²) in [5.74, 6) is -1.05. The third kappa shape index (κ3) is 7.40. The van der Waals surface area contributed by atoms with Gasteiger partial charge in [-0.1, -0.05) is 43.7 Å². The lowest BCUT2D eigenvalue weighted by Crippen LogP contribution is -2.45. The van der Waals surface area contributed by atoms with Crippen LogP contribution in [0.5, 0.6) is 5.75 Å². The molecule has 1 aliphatic rings. The van der Waals surface area contributed by atoms with Gasteiger partial charge in [-0.3, -0.25) is 14.4 Å². The molecule has 0 amide bonds. The first kappa shape index (κ1) is 26.0. The quantitative estimate of drug-likeness (QED) is 0.383. The molecule has 33 heavy (non-hydrogen) atoms. The van der Waals surface area contributed by atoms with Crippen molar-refractivity contribution in [2.75, 3.05) is 6.61 Å². The average molecular weight is 459 g/mol. The number of hydrogen-bond acceptors (Lipinski definition) is 8. The predicted octanol–water partition coefficient (Wildman–Crippen LogP) is 2.44. The van der Waals surface area contributed by atoms with Crippen LogP contribution in [0.15, 0.2) is 66.3 Å². The third-order valence-electron chi connectivity index (χ3n) is 4.95. The lowest BCUT2D eigenvalue weighted by Gasteiger charge is -2.32. The van der Waals surface area contributed by atoms with E-state index in [1.807, 2.05) is 25.1 Å². The Bertz CT molecular complexity index is 918. The van der Waals surface area contributed by atoms with E-state index in [1.165, 1.54) is 44.2 Å². The number of carbonyl (C=O) groups excluding carboxylic acids is 3. The molecule has 1 aromatic carbocycles. The van der Waals surface area contributed by atoms with Crippen molar-refractivity contribution in [1.82, 2.24) is 0 Å². The fourth-order valence-electron chi connectivity index (χ4n) is 3.37. The highest BCUT2D eigenvalue weighted by Crippen LogP contribution is 2.34. The predicted molar refractivity (Wildman–Crippen MR) is 120 cm³/mol. The first-order chi connectivity index (χ1) is 15.7. The number of benzene rings is 1. The Morgan fingerprint density at radius 2 is 1.85 bits per heavy atom. The number of para-hydroxylation sites is 1. The van der Waals surface area contributed by atoms with E-state index in [0.29, 0.717) is 18.6 Å². The van der Waals surface area contributed by atoms with Crippen LogP contribution < -0.4 is 4.74 Å². The highest BCUT2D eigenvalue weighted by Gasteiger charge is 2.45. The number of ketones is 1. The Morgan fingerprint density at radius 1 is 1.15 bits per heavy atom. The summed E-state index contributed by atoms with van der Waals surface area (Å²) in [5, 5.41) is 21.6. The SMILES string of the molecule is CCCC(Oc1ccccc1)C1(O)C=CC(=O)/C1=C\C=C\[C@H](OC(C)=O)[C@H](O)COC(C)=O. The van der Waals surface area contributed by atoms with Gasteiger partial charge in [0.15, 0.2) is 5.78 Å². The van der Waals surface area contributed by atoms with Crippen LogP contribution >= 0.6 is 0 Å². The van der Waals surface area contributed by atoms with Crippen LogP contribution in [0.25, 0.3) is 0 Å². The molecular formula is C25H30O8. The van der Waals surface area contributed by atoms with Crippen LogP contribution in [0.3, 0.4) is 0 Å². The zero-order chi connectivity index (χ0) is 24.4. The zero-order valence-electron chi connectivity index (χ0n) is 19.0. The molecule has 178 valence electrons. The molecule has 4 atom stereocenters. The summed E-state index contributed by atoms with van der Waals surface area (Å²) in [7, 11) is 0. The van der Waals surface area contributed by atoms with Crippen molar-refractivity contribution in [3.63, 3.8) is 0 Å². The Morgan fingerprint density at radius 3 is 2.45 bits per heavy atom. The van der Waals surface area contributed by atoms with Gasteiger partial charge in [-0.25, -0.2) is 0 Å². The number of ether oxygens (including phenoxy) is 3. The van der Waals surface area contributed by atoms with Gasteiger partial charge >= 0.3 is 11.9 Å². The number of aliphatic hydroxyl groups excluding tert-OH is 1. The van der Waals surface area contributed by atoms with Crippen molar-refractivity contribution >= 4 is 17.7 Å². The molecule has 2 unspecified atom stereocenters. The highest BCUT2D eigenvalue weighted by atomic mass is 16.6. The minimum Gasteiger partial charge on any atom is -0.487 e. The number of allylic oxidation sites excluding steroid dienone is 3.